The van der Waals surface area contributed by atoms with Crippen molar-refractivity contribution in [1.29, 1.82) is 0 Å². The fourth-order valence-corrected chi connectivity index (χ4v) is 2.35. The van der Waals surface area contributed by atoms with Gasteiger partial charge in [-0.25, -0.2) is 4.79 Å². The van der Waals surface area contributed by atoms with Crippen molar-refractivity contribution >= 4 is 6.09 Å². The summed E-state index contributed by atoms with van der Waals surface area (Å²) in [6.07, 6.45) is 1.30. The van der Waals surface area contributed by atoms with Crippen LogP contribution in [0, 0.1) is 0 Å². The number of nitrogens with one attached hydrogen (secondary N) is 1. The van der Waals surface area contributed by atoms with Crippen LogP contribution in [0.3, 0.4) is 0 Å². The van der Waals surface area contributed by atoms with E-state index in [-0.39, 0.29) is 19.5 Å². The minimum Gasteiger partial charge on any atom is -0.454 e. The van der Waals surface area contributed by atoms with E-state index in [1.807, 2.05) is 48.5 Å². The first-order chi connectivity index (χ1) is 11.3. The number of benzene rings is 2. The lowest BCUT2D eigenvalue weighted by molar-refractivity contribution is 0.139. The van der Waals surface area contributed by atoms with Gasteiger partial charge in [0.25, 0.3) is 0 Å². The third-order valence-corrected chi connectivity index (χ3v) is 3.56. The predicted molar refractivity (Wildman–Crippen MR) is 85.5 cm³/mol. The molecule has 5 heteroatoms. The minimum absolute atomic E-state index is 0.285. The lowest BCUT2D eigenvalue weighted by Crippen LogP contribution is -2.25. The highest BCUT2D eigenvalue weighted by molar-refractivity contribution is 5.67. The maximum absolute atomic E-state index is 11.6. The molecule has 5 nitrogen and oxygen atoms in total. The number of alkyl carbamates (subject to hydrolysis) is 1. The lowest BCUT2D eigenvalue weighted by atomic mass is 10.1. The molecule has 0 aliphatic carbocycles. The molecule has 0 aromatic heterocycles. The summed E-state index contributed by atoms with van der Waals surface area (Å²) in [5, 5.41) is 2.76. The fourth-order valence-electron chi connectivity index (χ4n) is 2.35. The van der Waals surface area contributed by atoms with Crippen LogP contribution in [0.25, 0.3) is 0 Å². The van der Waals surface area contributed by atoms with Crippen molar-refractivity contribution in [3.8, 4) is 11.5 Å². The average Bonchev–Trinajstić information content (AvgIpc) is 3.05. The topological polar surface area (TPSA) is 56.8 Å². The summed E-state index contributed by atoms with van der Waals surface area (Å²) in [4.78, 5) is 11.6. The average molecular weight is 313 g/mol. The molecule has 0 fully saturated rings. The Morgan fingerprint density at radius 3 is 2.74 bits per heavy atom. The van der Waals surface area contributed by atoms with E-state index in [4.69, 9.17) is 14.2 Å². The Hall–Kier alpha value is -2.69. The highest BCUT2D eigenvalue weighted by atomic mass is 16.7. The van der Waals surface area contributed by atoms with Crippen LogP contribution in [0.1, 0.15) is 17.5 Å². The van der Waals surface area contributed by atoms with Gasteiger partial charge in [-0.15, -0.1) is 0 Å². The molecule has 1 amide bonds. The highest BCUT2D eigenvalue weighted by Crippen LogP contribution is 2.32. The van der Waals surface area contributed by atoms with Crippen LogP contribution in [0.4, 0.5) is 4.79 Å². The van der Waals surface area contributed by atoms with Gasteiger partial charge in [-0.3, -0.25) is 0 Å². The predicted octanol–water partition coefficient (Wildman–Crippen LogP) is 3.27. The van der Waals surface area contributed by atoms with Crippen LogP contribution >= 0.6 is 0 Å². The highest BCUT2D eigenvalue weighted by Gasteiger charge is 2.12. The Balaban J connectivity index is 1.34. The zero-order valence-electron chi connectivity index (χ0n) is 12.8. The summed E-state index contributed by atoms with van der Waals surface area (Å²) in [5.74, 6) is 1.58. The van der Waals surface area contributed by atoms with Crippen molar-refractivity contribution in [3.05, 3.63) is 59.7 Å². The van der Waals surface area contributed by atoms with Crippen molar-refractivity contribution in [2.45, 2.75) is 19.4 Å². The molecule has 2 aromatic rings. The number of hydrogen-bond acceptors (Lipinski definition) is 4. The van der Waals surface area contributed by atoms with Gasteiger partial charge < -0.3 is 19.5 Å². The third kappa shape index (κ3) is 4.39. The molecule has 0 saturated heterocycles. The smallest absolute Gasteiger partial charge is 0.407 e. The Morgan fingerprint density at radius 2 is 1.87 bits per heavy atom. The van der Waals surface area contributed by atoms with Gasteiger partial charge in [0.1, 0.15) is 6.61 Å². The monoisotopic (exact) mass is 313 g/mol. The second-order valence-electron chi connectivity index (χ2n) is 5.28. The van der Waals surface area contributed by atoms with Crippen LogP contribution in [-0.2, 0) is 17.8 Å². The summed E-state index contributed by atoms with van der Waals surface area (Å²) in [5.41, 5.74) is 2.14. The lowest BCUT2D eigenvalue weighted by Gasteiger charge is -2.07. The van der Waals surface area contributed by atoms with E-state index in [0.29, 0.717) is 6.54 Å². The maximum Gasteiger partial charge on any atom is 0.407 e. The molecule has 0 unspecified atom stereocenters. The first-order valence-corrected chi connectivity index (χ1v) is 7.64. The number of hydrogen-bond donors (Lipinski definition) is 1. The summed E-state index contributed by atoms with van der Waals surface area (Å²) >= 11 is 0. The first kappa shape index (κ1) is 15.2. The Labute approximate surface area is 135 Å². The van der Waals surface area contributed by atoms with Crippen molar-refractivity contribution in [2.75, 3.05) is 13.3 Å². The second kappa shape index (κ2) is 7.54. The molecule has 3 rings (SSSR count). The summed E-state index contributed by atoms with van der Waals surface area (Å²) in [7, 11) is 0. The van der Waals surface area contributed by atoms with E-state index < -0.39 is 0 Å². The number of amides is 1. The molecule has 120 valence electrons. The SMILES string of the molecule is O=C(NCCCc1ccc2c(c1)OCO2)OCc1ccccc1. The zero-order valence-corrected chi connectivity index (χ0v) is 12.8. The number of fused-ring (bicyclic) bond motifs is 1. The molecular weight excluding hydrogens is 294 g/mol. The molecule has 0 saturated carbocycles. The van der Waals surface area contributed by atoms with Crippen LogP contribution in [0.5, 0.6) is 11.5 Å². The minimum atomic E-state index is -0.389. The number of ether oxygens (including phenoxy) is 3. The Kier molecular flexibility index (Phi) is 4.99. The van der Waals surface area contributed by atoms with Crippen molar-refractivity contribution in [2.24, 2.45) is 0 Å². The van der Waals surface area contributed by atoms with E-state index >= 15 is 0 Å². The van der Waals surface area contributed by atoms with Crippen molar-refractivity contribution in [3.63, 3.8) is 0 Å². The number of rotatable bonds is 6. The molecule has 0 atom stereocenters. The summed E-state index contributed by atoms with van der Waals surface area (Å²) in [6, 6.07) is 15.5. The number of carbonyl (C=O) groups excluding carboxylic acids is 1. The van der Waals surface area contributed by atoms with Crippen LogP contribution < -0.4 is 14.8 Å². The van der Waals surface area contributed by atoms with E-state index in [1.165, 1.54) is 0 Å². The van der Waals surface area contributed by atoms with E-state index in [2.05, 4.69) is 5.32 Å². The maximum atomic E-state index is 11.6. The third-order valence-electron chi connectivity index (χ3n) is 3.56. The van der Waals surface area contributed by atoms with Gasteiger partial charge in [-0.2, -0.15) is 0 Å². The van der Waals surface area contributed by atoms with Crippen LogP contribution in [-0.4, -0.2) is 19.4 Å². The fraction of sp³-hybridized carbons (Fsp3) is 0.278. The molecule has 1 aliphatic rings. The van der Waals surface area contributed by atoms with Gasteiger partial charge in [0.05, 0.1) is 0 Å². The molecule has 1 heterocycles. The number of carbonyl (C=O) groups is 1. The number of aryl methyl sites for hydroxylation is 1. The normalized spacial score (nSPS) is 12.0. The molecule has 2 aromatic carbocycles. The molecule has 0 bridgehead atoms. The van der Waals surface area contributed by atoms with E-state index in [0.717, 1.165) is 35.5 Å². The van der Waals surface area contributed by atoms with Gasteiger partial charge in [0.2, 0.25) is 6.79 Å². The van der Waals surface area contributed by atoms with Gasteiger partial charge in [-0.1, -0.05) is 36.4 Å². The Morgan fingerprint density at radius 1 is 1.04 bits per heavy atom. The van der Waals surface area contributed by atoms with Crippen molar-refractivity contribution < 1.29 is 19.0 Å². The van der Waals surface area contributed by atoms with Gasteiger partial charge in [0.15, 0.2) is 11.5 Å². The molecular formula is C18H19NO4. The first-order valence-electron chi connectivity index (χ1n) is 7.64. The Bertz CT molecular complexity index is 657. The van der Waals surface area contributed by atoms with E-state index in [1.54, 1.807) is 0 Å². The largest absolute Gasteiger partial charge is 0.454 e. The summed E-state index contributed by atoms with van der Waals surface area (Å²) in [6.45, 7) is 1.14. The van der Waals surface area contributed by atoms with E-state index in [9.17, 15) is 4.79 Å². The van der Waals surface area contributed by atoms with Crippen molar-refractivity contribution in [1.82, 2.24) is 5.32 Å². The van der Waals surface area contributed by atoms with Gasteiger partial charge in [-0.05, 0) is 36.1 Å². The molecule has 1 aliphatic heterocycles. The standard InChI is InChI=1S/C18H19NO4/c20-18(21-12-15-5-2-1-3-6-15)19-10-4-7-14-8-9-16-17(11-14)23-13-22-16/h1-3,5-6,8-9,11H,4,7,10,12-13H2,(H,19,20). The summed E-state index contributed by atoms with van der Waals surface area (Å²) < 4.78 is 15.8. The molecule has 1 N–H and O–H groups in total. The molecule has 0 radical (unpaired) electrons. The quantitative estimate of drug-likeness (QED) is 0.832. The zero-order chi connectivity index (χ0) is 15.9. The second-order valence-corrected chi connectivity index (χ2v) is 5.28. The molecule has 0 spiro atoms. The molecule has 23 heavy (non-hydrogen) atoms. The van der Waals surface area contributed by atoms with Gasteiger partial charge >= 0.3 is 6.09 Å². The van der Waals surface area contributed by atoms with Crippen LogP contribution in [0.2, 0.25) is 0 Å². The van der Waals surface area contributed by atoms with Gasteiger partial charge in [0, 0.05) is 6.54 Å². The van der Waals surface area contributed by atoms with Crippen LogP contribution in [0.15, 0.2) is 48.5 Å².